The second-order valence-corrected chi connectivity index (χ2v) is 5.59. The normalized spacial score (nSPS) is 10.8. The van der Waals surface area contributed by atoms with Crippen LogP contribution in [0.4, 0.5) is 5.69 Å². The number of nitrogens with zero attached hydrogens (tertiary/aromatic N) is 4. The number of anilines is 1. The van der Waals surface area contributed by atoms with E-state index in [9.17, 15) is 4.79 Å². The summed E-state index contributed by atoms with van der Waals surface area (Å²) in [6.45, 7) is 0. The standard InChI is InChI=1S/C16H12BrN5O/c17-13-4-1-12(2-5-13)3-10-16(23)19-14-6-8-15(9-7-14)22-11-18-20-21-22/h1-11H,(H,19,23)/b10-3+. The fraction of sp³-hybridized carbons (Fsp3) is 0. The fourth-order valence-corrected chi connectivity index (χ4v) is 2.17. The van der Waals surface area contributed by atoms with Gasteiger partial charge in [0.2, 0.25) is 5.91 Å². The number of carbonyl (C=O) groups excluding carboxylic acids is 1. The highest BCUT2D eigenvalue weighted by Crippen LogP contribution is 2.13. The van der Waals surface area contributed by atoms with Crippen molar-refractivity contribution < 1.29 is 4.79 Å². The lowest BCUT2D eigenvalue weighted by Gasteiger charge is -2.04. The Labute approximate surface area is 141 Å². The summed E-state index contributed by atoms with van der Waals surface area (Å²) in [6.07, 6.45) is 4.77. The van der Waals surface area contributed by atoms with Crippen molar-refractivity contribution in [2.45, 2.75) is 0 Å². The van der Waals surface area contributed by atoms with Crippen LogP contribution in [0, 0.1) is 0 Å². The largest absolute Gasteiger partial charge is 0.323 e. The van der Waals surface area contributed by atoms with E-state index in [1.165, 1.54) is 12.4 Å². The fourth-order valence-electron chi connectivity index (χ4n) is 1.91. The van der Waals surface area contributed by atoms with Gasteiger partial charge < -0.3 is 5.32 Å². The molecule has 1 amide bonds. The van der Waals surface area contributed by atoms with E-state index >= 15 is 0 Å². The van der Waals surface area contributed by atoms with Crippen LogP contribution in [0.15, 0.2) is 65.4 Å². The average Bonchev–Trinajstić information content (AvgIpc) is 3.09. The molecule has 0 fully saturated rings. The number of hydrogen-bond acceptors (Lipinski definition) is 4. The Morgan fingerprint density at radius 1 is 1.09 bits per heavy atom. The zero-order chi connectivity index (χ0) is 16.1. The Balaban J connectivity index is 1.62. The molecule has 0 saturated heterocycles. The number of nitrogens with one attached hydrogen (secondary N) is 1. The van der Waals surface area contributed by atoms with Gasteiger partial charge in [-0.1, -0.05) is 28.1 Å². The number of tetrazole rings is 1. The third-order valence-corrected chi connectivity index (χ3v) is 3.57. The number of benzene rings is 2. The van der Waals surface area contributed by atoms with Gasteiger partial charge in [-0.15, -0.1) is 5.10 Å². The minimum atomic E-state index is -0.192. The van der Waals surface area contributed by atoms with Crippen LogP contribution in [0.1, 0.15) is 5.56 Å². The summed E-state index contributed by atoms with van der Waals surface area (Å²) in [7, 11) is 0. The monoisotopic (exact) mass is 369 g/mol. The van der Waals surface area contributed by atoms with Gasteiger partial charge in [-0.3, -0.25) is 4.79 Å². The molecule has 7 heteroatoms. The number of rotatable bonds is 4. The first-order chi connectivity index (χ1) is 11.2. The van der Waals surface area contributed by atoms with Crippen molar-refractivity contribution in [2.75, 3.05) is 5.32 Å². The van der Waals surface area contributed by atoms with Gasteiger partial charge >= 0.3 is 0 Å². The lowest BCUT2D eigenvalue weighted by Crippen LogP contribution is -2.07. The SMILES string of the molecule is O=C(/C=C/c1ccc(Br)cc1)Nc1ccc(-n2cnnn2)cc1. The van der Waals surface area contributed by atoms with Gasteiger partial charge in [-0.2, -0.15) is 0 Å². The van der Waals surface area contributed by atoms with Crippen LogP contribution >= 0.6 is 15.9 Å². The zero-order valence-corrected chi connectivity index (χ0v) is 13.5. The Bertz CT molecular complexity index is 811. The number of halogens is 1. The highest BCUT2D eigenvalue weighted by molar-refractivity contribution is 9.10. The van der Waals surface area contributed by atoms with Crippen molar-refractivity contribution in [3.8, 4) is 5.69 Å². The first-order valence-electron chi connectivity index (χ1n) is 6.79. The van der Waals surface area contributed by atoms with Crippen molar-refractivity contribution in [1.29, 1.82) is 0 Å². The van der Waals surface area contributed by atoms with E-state index in [0.717, 1.165) is 15.7 Å². The van der Waals surface area contributed by atoms with Gasteiger partial charge in [0.05, 0.1) is 5.69 Å². The summed E-state index contributed by atoms with van der Waals surface area (Å²) < 4.78 is 2.54. The molecule has 114 valence electrons. The molecule has 0 radical (unpaired) electrons. The second kappa shape index (κ2) is 6.97. The van der Waals surface area contributed by atoms with Crippen LogP contribution in [-0.2, 0) is 4.79 Å². The van der Waals surface area contributed by atoms with Crippen LogP contribution in [0.25, 0.3) is 11.8 Å². The molecule has 1 aromatic heterocycles. The van der Waals surface area contributed by atoms with E-state index in [2.05, 4.69) is 36.8 Å². The minimum Gasteiger partial charge on any atom is -0.323 e. The molecular weight excluding hydrogens is 358 g/mol. The zero-order valence-electron chi connectivity index (χ0n) is 11.9. The van der Waals surface area contributed by atoms with Crippen LogP contribution < -0.4 is 5.32 Å². The molecule has 0 aliphatic carbocycles. The maximum Gasteiger partial charge on any atom is 0.248 e. The van der Waals surface area contributed by atoms with E-state index in [0.29, 0.717) is 5.69 Å². The second-order valence-electron chi connectivity index (χ2n) is 4.68. The number of hydrogen-bond donors (Lipinski definition) is 1. The Kier molecular flexibility index (Phi) is 4.58. The molecule has 0 aliphatic rings. The van der Waals surface area contributed by atoms with Crippen molar-refractivity contribution in [2.24, 2.45) is 0 Å². The maximum atomic E-state index is 11.9. The molecule has 3 aromatic rings. The molecule has 2 aromatic carbocycles. The van der Waals surface area contributed by atoms with E-state index in [1.54, 1.807) is 22.9 Å². The highest BCUT2D eigenvalue weighted by Gasteiger charge is 2.00. The predicted octanol–water partition coefficient (Wildman–Crippen LogP) is 3.08. The molecule has 0 bridgehead atoms. The lowest BCUT2D eigenvalue weighted by atomic mass is 10.2. The topological polar surface area (TPSA) is 72.7 Å². The molecule has 0 saturated carbocycles. The van der Waals surface area contributed by atoms with Gasteiger partial charge in [0.25, 0.3) is 0 Å². The highest BCUT2D eigenvalue weighted by atomic mass is 79.9. The van der Waals surface area contributed by atoms with Crippen LogP contribution in [0.5, 0.6) is 0 Å². The van der Waals surface area contributed by atoms with Crippen LogP contribution in [-0.4, -0.2) is 26.1 Å². The number of carbonyl (C=O) groups is 1. The molecule has 0 unspecified atom stereocenters. The summed E-state index contributed by atoms with van der Waals surface area (Å²) >= 11 is 3.37. The molecule has 1 N–H and O–H groups in total. The molecule has 0 aliphatic heterocycles. The summed E-state index contributed by atoms with van der Waals surface area (Å²) in [5, 5.41) is 13.8. The van der Waals surface area contributed by atoms with Crippen molar-refractivity contribution in [3.05, 3.63) is 71.0 Å². The molecule has 6 nitrogen and oxygen atoms in total. The summed E-state index contributed by atoms with van der Waals surface area (Å²) in [6, 6.07) is 14.9. The van der Waals surface area contributed by atoms with E-state index < -0.39 is 0 Å². The molecule has 3 rings (SSSR count). The van der Waals surface area contributed by atoms with E-state index in [4.69, 9.17) is 0 Å². The summed E-state index contributed by atoms with van der Waals surface area (Å²) in [4.78, 5) is 11.9. The van der Waals surface area contributed by atoms with Gasteiger partial charge in [0.15, 0.2) is 0 Å². The smallest absolute Gasteiger partial charge is 0.248 e. The van der Waals surface area contributed by atoms with Gasteiger partial charge in [0.1, 0.15) is 6.33 Å². The third-order valence-electron chi connectivity index (χ3n) is 3.05. The molecule has 1 heterocycles. The minimum absolute atomic E-state index is 0.192. The maximum absolute atomic E-state index is 11.9. The Hall–Kier alpha value is -2.80. The average molecular weight is 370 g/mol. The number of aromatic nitrogens is 4. The first kappa shape index (κ1) is 15.1. The van der Waals surface area contributed by atoms with Crippen molar-refractivity contribution in [1.82, 2.24) is 20.2 Å². The van der Waals surface area contributed by atoms with Crippen molar-refractivity contribution in [3.63, 3.8) is 0 Å². The molecule has 23 heavy (non-hydrogen) atoms. The summed E-state index contributed by atoms with van der Waals surface area (Å²) in [5.41, 5.74) is 2.48. The Morgan fingerprint density at radius 3 is 2.48 bits per heavy atom. The third kappa shape index (κ3) is 4.10. The van der Waals surface area contributed by atoms with Crippen molar-refractivity contribution >= 4 is 33.6 Å². The van der Waals surface area contributed by atoms with Crippen LogP contribution in [0.2, 0.25) is 0 Å². The number of amides is 1. The Morgan fingerprint density at radius 2 is 1.83 bits per heavy atom. The van der Waals surface area contributed by atoms with Crippen LogP contribution in [0.3, 0.4) is 0 Å². The van der Waals surface area contributed by atoms with Gasteiger partial charge in [-0.25, -0.2) is 4.68 Å². The van der Waals surface area contributed by atoms with Gasteiger partial charge in [-0.05, 0) is 58.5 Å². The predicted molar refractivity (Wildman–Crippen MR) is 91.0 cm³/mol. The van der Waals surface area contributed by atoms with Gasteiger partial charge in [0, 0.05) is 16.2 Å². The molecule has 0 spiro atoms. The summed E-state index contributed by atoms with van der Waals surface area (Å²) in [5.74, 6) is -0.192. The molecular formula is C16H12BrN5O. The molecule has 0 atom stereocenters. The first-order valence-corrected chi connectivity index (χ1v) is 7.58. The lowest BCUT2D eigenvalue weighted by molar-refractivity contribution is -0.111. The van der Waals surface area contributed by atoms with E-state index in [1.807, 2.05) is 36.4 Å². The van der Waals surface area contributed by atoms with E-state index in [-0.39, 0.29) is 5.91 Å². The quantitative estimate of drug-likeness (QED) is 0.717.